The predicted octanol–water partition coefficient (Wildman–Crippen LogP) is 0.505. The van der Waals surface area contributed by atoms with Gasteiger partial charge in [0, 0.05) is 43.5 Å². The number of nitrogens with zero attached hydrogens (tertiary/aromatic N) is 3. The highest BCUT2D eigenvalue weighted by Gasteiger charge is 2.33. The van der Waals surface area contributed by atoms with Crippen LogP contribution in [0.3, 0.4) is 0 Å². The number of rotatable bonds is 5. The van der Waals surface area contributed by atoms with Gasteiger partial charge in [-0.25, -0.2) is 4.79 Å². The lowest BCUT2D eigenvalue weighted by Gasteiger charge is -2.38. The van der Waals surface area contributed by atoms with E-state index < -0.39 is 11.6 Å². The number of aryl methyl sites for hydroxylation is 1. The van der Waals surface area contributed by atoms with E-state index in [1.165, 1.54) is 0 Å². The zero-order valence-electron chi connectivity index (χ0n) is 14.6. The molecule has 2 aliphatic rings. The Morgan fingerprint density at radius 2 is 2.12 bits per heavy atom. The first kappa shape index (κ1) is 17.4. The molecule has 3 rings (SSSR count). The molecule has 24 heavy (non-hydrogen) atoms. The van der Waals surface area contributed by atoms with Crippen LogP contribution in [0.2, 0.25) is 0 Å². The van der Waals surface area contributed by atoms with Gasteiger partial charge in [0.1, 0.15) is 0 Å². The summed E-state index contributed by atoms with van der Waals surface area (Å²) in [5.41, 5.74) is 1.47. The molecule has 0 amide bonds. The molecule has 134 valence electrons. The number of aliphatic hydroxyl groups is 1. The minimum Gasteiger partial charge on any atom is -0.476 e. The van der Waals surface area contributed by atoms with Gasteiger partial charge < -0.3 is 20.4 Å². The van der Waals surface area contributed by atoms with Crippen molar-refractivity contribution in [3.05, 3.63) is 17.0 Å². The summed E-state index contributed by atoms with van der Waals surface area (Å²) < 4.78 is 1.82. The fraction of sp³-hybridized carbons (Fsp3) is 0.765. The van der Waals surface area contributed by atoms with Crippen LogP contribution in [0.1, 0.15) is 47.9 Å². The van der Waals surface area contributed by atoms with Crippen molar-refractivity contribution in [3.8, 4) is 0 Å². The largest absolute Gasteiger partial charge is 0.476 e. The highest BCUT2D eigenvalue weighted by Crippen LogP contribution is 2.26. The van der Waals surface area contributed by atoms with E-state index in [9.17, 15) is 15.0 Å². The zero-order chi connectivity index (χ0) is 17.3. The summed E-state index contributed by atoms with van der Waals surface area (Å²) in [6.07, 6.45) is 4.02. The molecule has 1 unspecified atom stereocenters. The smallest absolute Gasteiger partial charge is 0.356 e. The molecular weight excluding hydrogens is 308 g/mol. The molecule has 1 fully saturated rings. The molecule has 0 spiro atoms. The van der Waals surface area contributed by atoms with Gasteiger partial charge in [0.05, 0.1) is 5.60 Å². The first-order valence-electron chi connectivity index (χ1n) is 8.88. The number of aromatic carboxylic acids is 1. The Kier molecular flexibility index (Phi) is 4.94. The first-order valence-corrected chi connectivity index (χ1v) is 8.88. The van der Waals surface area contributed by atoms with Gasteiger partial charge in [-0.3, -0.25) is 4.68 Å². The van der Waals surface area contributed by atoms with Crippen LogP contribution in [0.15, 0.2) is 0 Å². The van der Waals surface area contributed by atoms with Crippen molar-refractivity contribution in [2.24, 2.45) is 0 Å². The number of hydrogen-bond acceptors (Lipinski definition) is 5. The van der Waals surface area contributed by atoms with E-state index >= 15 is 0 Å². The van der Waals surface area contributed by atoms with Crippen molar-refractivity contribution in [1.82, 2.24) is 20.0 Å². The maximum absolute atomic E-state index is 11.5. The van der Waals surface area contributed by atoms with E-state index in [-0.39, 0.29) is 11.7 Å². The molecule has 0 saturated carbocycles. The van der Waals surface area contributed by atoms with Gasteiger partial charge in [0.25, 0.3) is 0 Å². The van der Waals surface area contributed by atoms with E-state index in [1.807, 2.05) is 11.6 Å². The number of aromatic nitrogens is 2. The van der Waals surface area contributed by atoms with Crippen molar-refractivity contribution in [2.75, 3.05) is 26.7 Å². The molecule has 0 radical (unpaired) electrons. The van der Waals surface area contributed by atoms with E-state index in [4.69, 9.17) is 0 Å². The molecule has 7 nitrogen and oxygen atoms in total. The van der Waals surface area contributed by atoms with Crippen LogP contribution >= 0.6 is 0 Å². The number of piperidine rings is 1. The quantitative estimate of drug-likeness (QED) is 0.726. The van der Waals surface area contributed by atoms with Crippen LogP contribution in [0, 0.1) is 0 Å². The molecule has 1 aliphatic heterocycles. The molecular formula is C17H28N4O3. The summed E-state index contributed by atoms with van der Waals surface area (Å²) in [5.74, 6) is -0.951. The Bertz CT molecular complexity index is 605. The fourth-order valence-corrected chi connectivity index (χ4v) is 3.84. The van der Waals surface area contributed by atoms with Crippen molar-refractivity contribution >= 4 is 5.97 Å². The van der Waals surface area contributed by atoms with Gasteiger partial charge in [0.2, 0.25) is 0 Å². The zero-order valence-corrected chi connectivity index (χ0v) is 14.6. The monoisotopic (exact) mass is 336 g/mol. The minimum absolute atomic E-state index is 0.191. The summed E-state index contributed by atoms with van der Waals surface area (Å²) >= 11 is 0. The summed E-state index contributed by atoms with van der Waals surface area (Å²) in [5, 5.41) is 27.8. The highest BCUT2D eigenvalue weighted by atomic mass is 16.4. The second-order valence-corrected chi connectivity index (χ2v) is 7.24. The number of carboxylic acid groups (broad SMARTS) is 1. The summed E-state index contributed by atoms with van der Waals surface area (Å²) in [6, 6.07) is 0.203. The van der Waals surface area contributed by atoms with Crippen LogP contribution in [0.25, 0.3) is 0 Å². The summed E-state index contributed by atoms with van der Waals surface area (Å²) in [4.78, 5) is 13.7. The maximum atomic E-state index is 11.5. The van der Waals surface area contributed by atoms with Gasteiger partial charge in [-0.1, -0.05) is 0 Å². The van der Waals surface area contributed by atoms with E-state index in [0.717, 1.165) is 50.0 Å². The van der Waals surface area contributed by atoms with Crippen molar-refractivity contribution in [2.45, 2.75) is 57.2 Å². The maximum Gasteiger partial charge on any atom is 0.356 e. The third-order valence-electron chi connectivity index (χ3n) is 5.49. The molecule has 3 N–H and O–H groups in total. The van der Waals surface area contributed by atoms with Crippen molar-refractivity contribution < 1.29 is 15.0 Å². The Morgan fingerprint density at radius 3 is 2.75 bits per heavy atom. The number of nitrogens with one attached hydrogen (secondary N) is 1. The lowest BCUT2D eigenvalue weighted by Crippen LogP contribution is -2.51. The molecule has 0 bridgehead atoms. The average Bonchev–Trinajstić information content (AvgIpc) is 2.94. The fourth-order valence-electron chi connectivity index (χ4n) is 3.84. The van der Waals surface area contributed by atoms with E-state index in [1.54, 1.807) is 0 Å². The second-order valence-electron chi connectivity index (χ2n) is 7.24. The number of hydrogen-bond donors (Lipinski definition) is 3. The van der Waals surface area contributed by atoms with Gasteiger partial charge in [0.15, 0.2) is 5.69 Å². The van der Waals surface area contributed by atoms with Crippen LogP contribution in [-0.2, 0) is 19.4 Å². The Labute approximate surface area is 142 Å². The SMILES string of the molecule is CCn1nc(C(=O)O)c2c1CCC(NCC1(O)CCN(C)CC1)C2. The lowest BCUT2D eigenvalue weighted by molar-refractivity contribution is -0.0165. The summed E-state index contributed by atoms with van der Waals surface area (Å²) in [7, 11) is 2.08. The topological polar surface area (TPSA) is 90.6 Å². The van der Waals surface area contributed by atoms with Crippen molar-refractivity contribution in [3.63, 3.8) is 0 Å². The normalized spacial score (nSPS) is 23.9. The van der Waals surface area contributed by atoms with Gasteiger partial charge >= 0.3 is 5.97 Å². The molecule has 1 aromatic rings. The standard InChI is InChI=1S/C17H28N4O3/c1-3-21-14-5-4-12(10-13(14)15(19-21)16(22)23)18-11-17(24)6-8-20(2)9-7-17/h12,18,24H,3-11H2,1-2H3,(H,22,23). The molecule has 1 atom stereocenters. The van der Waals surface area contributed by atoms with Crippen LogP contribution < -0.4 is 5.32 Å². The molecule has 1 saturated heterocycles. The lowest BCUT2D eigenvalue weighted by atomic mass is 9.88. The predicted molar refractivity (Wildman–Crippen MR) is 90.4 cm³/mol. The molecule has 7 heteroatoms. The highest BCUT2D eigenvalue weighted by molar-refractivity contribution is 5.87. The van der Waals surface area contributed by atoms with Crippen LogP contribution in [0.5, 0.6) is 0 Å². The Hall–Kier alpha value is -1.44. The molecule has 0 aromatic carbocycles. The number of carboxylic acids is 1. The van der Waals surface area contributed by atoms with Crippen LogP contribution in [0.4, 0.5) is 0 Å². The van der Waals surface area contributed by atoms with Gasteiger partial charge in [-0.15, -0.1) is 0 Å². The van der Waals surface area contributed by atoms with Gasteiger partial charge in [-0.2, -0.15) is 5.10 Å². The number of carbonyl (C=O) groups is 1. The third-order valence-corrected chi connectivity index (χ3v) is 5.49. The molecule has 1 aromatic heterocycles. The molecule has 2 heterocycles. The van der Waals surface area contributed by atoms with Crippen molar-refractivity contribution in [1.29, 1.82) is 0 Å². The van der Waals surface area contributed by atoms with Gasteiger partial charge in [-0.05, 0) is 46.1 Å². The van der Waals surface area contributed by atoms with E-state index in [0.29, 0.717) is 19.5 Å². The number of likely N-dealkylation sites (tertiary alicyclic amines) is 1. The Balaban J connectivity index is 1.65. The summed E-state index contributed by atoms with van der Waals surface area (Å²) in [6.45, 7) is 5.09. The number of fused-ring (bicyclic) bond motifs is 1. The average molecular weight is 336 g/mol. The van der Waals surface area contributed by atoms with Crippen LogP contribution in [-0.4, -0.2) is 69.2 Å². The molecule has 1 aliphatic carbocycles. The second kappa shape index (κ2) is 6.82. The van der Waals surface area contributed by atoms with E-state index in [2.05, 4.69) is 22.4 Å². The Morgan fingerprint density at radius 1 is 1.42 bits per heavy atom. The minimum atomic E-state index is -0.951. The third kappa shape index (κ3) is 3.48. The first-order chi connectivity index (χ1) is 11.4.